The van der Waals surface area contributed by atoms with Crippen LogP contribution in [0.2, 0.25) is 0 Å². The molecular weight excluding hydrogens is 120 g/mol. The quantitative estimate of drug-likeness (QED) is 0.521. The number of rotatable bonds is 3. The first-order valence-corrected chi connectivity index (χ1v) is 3.76. The van der Waals surface area contributed by atoms with E-state index in [0.717, 1.165) is 6.42 Å². The third kappa shape index (κ3) is 3.31. The maximum absolute atomic E-state index is 5.92. The fourth-order valence-electron chi connectivity index (χ4n) is 0.609. The molecule has 0 fully saturated rings. The summed E-state index contributed by atoms with van der Waals surface area (Å²) < 4.78 is 0. The van der Waals surface area contributed by atoms with E-state index in [4.69, 9.17) is 11.6 Å². The van der Waals surface area contributed by atoms with Crippen LogP contribution in [0.5, 0.6) is 0 Å². The molecule has 0 aliphatic carbocycles. The molecule has 1 unspecified atom stereocenters. The van der Waals surface area contributed by atoms with Gasteiger partial charge in [0.1, 0.15) is 0 Å². The molecule has 0 heterocycles. The molecule has 0 rings (SSSR count). The van der Waals surface area contributed by atoms with E-state index in [-0.39, 0.29) is 0 Å². The number of hydrogen-bond donors (Lipinski definition) is 0. The highest BCUT2D eigenvalue weighted by atomic mass is 35.5. The van der Waals surface area contributed by atoms with Crippen LogP contribution < -0.4 is 0 Å². The molecule has 0 aliphatic rings. The van der Waals surface area contributed by atoms with Gasteiger partial charge in [0.15, 0.2) is 0 Å². The molecule has 0 aromatic heterocycles. The van der Waals surface area contributed by atoms with Gasteiger partial charge < -0.3 is 0 Å². The molecule has 8 heavy (non-hydrogen) atoms. The Kier molecular flexibility index (Phi) is 4.35. The van der Waals surface area contributed by atoms with Gasteiger partial charge in [-0.15, -0.1) is 11.6 Å². The summed E-state index contributed by atoms with van der Waals surface area (Å²) >= 11 is 5.92. The predicted octanol–water partition coefficient (Wildman–Crippen LogP) is 3.05. The SMILES string of the molecule is CCCC(Cl)C(C)C. The normalized spacial score (nSPS) is 14.6. The van der Waals surface area contributed by atoms with Crippen LogP contribution in [0.25, 0.3) is 0 Å². The van der Waals surface area contributed by atoms with Crippen molar-refractivity contribution in [2.75, 3.05) is 0 Å². The van der Waals surface area contributed by atoms with E-state index in [1.54, 1.807) is 0 Å². The molecule has 50 valence electrons. The molecule has 0 radical (unpaired) electrons. The Morgan fingerprint density at radius 1 is 1.38 bits per heavy atom. The summed E-state index contributed by atoms with van der Waals surface area (Å²) in [5.41, 5.74) is 0. The predicted molar refractivity (Wildman–Crippen MR) is 39.4 cm³/mol. The molecule has 0 N–H and O–H groups in total. The van der Waals surface area contributed by atoms with Crippen LogP contribution in [0.3, 0.4) is 0 Å². The van der Waals surface area contributed by atoms with Gasteiger partial charge in [0.2, 0.25) is 0 Å². The fraction of sp³-hybridized carbons (Fsp3) is 1.00. The molecule has 1 atom stereocenters. The molecular formula is C7H15Cl. The average molecular weight is 135 g/mol. The van der Waals surface area contributed by atoms with E-state index in [9.17, 15) is 0 Å². The van der Waals surface area contributed by atoms with Gasteiger partial charge in [-0.05, 0) is 12.3 Å². The van der Waals surface area contributed by atoms with Gasteiger partial charge in [0.05, 0.1) is 0 Å². The summed E-state index contributed by atoms with van der Waals surface area (Å²) in [4.78, 5) is 0. The second-order valence-electron chi connectivity index (χ2n) is 2.55. The van der Waals surface area contributed by atoms with E-state index in [2.05, 4.69) is 20.8 Å². The van der Waals surface area contributed by atoms with Gasteiger partial charge in [-0.25, -0.2) is 0 Å². The van der Waals surface area contributed by atoms with Crippen molar-refractivity contribution in [3.05, 3.63) is 0 Å². The van der Waals surface area contributed by atoms with Crippen molar-refractivity contribution in [1.29, 1.82) is 0 Å². The maximum atomic E-state index is 5.92. The van der Waals surface area contributed by atoms with E-state index in [1.807, 2.05) is 0 Å². The van der Waals surface area contributed by atoms with Gasteiger partial charge in [0.25, 0.3) is 0 Å². The standard InChI is InChI=1S/C7H15Cl/c1-4-5-7(8)6(2)3/h6-7H,4-5H2,1-3H3. The molecule has 0 aromatic rings. The number of hydrogen-bond acceptors (Lipinski definition) is 0. The van der Waals surface area contributed by atoms with Crippen molar-refractivity contribution in [2.24, 2.45) is 5.92 Å². The topological polar surface area (TPSA) is 0 Å². The first kappa shape index (κ1) is 8.29. The maximum Gasteiger partial charge on any atom is 0.0358 e. The third-order valence-electron chi connectivity index (χ3n) is 1.29. The van der Waals surface area contributed by atoms with Crippen molar-refractivity contribution in [1.82, 2.24) is 0 Å². The van der Waals surface area contributed by atoms with Crippen LogP contribution in [-0.2, 0) is 0 Å². The fourth-order valence-corrected chi connectivity index (χ4v) is 0.827. The van der Waals surface area contributed by atoms with Crippen molar-refractivity contribution < 1.29 is 0 Å². The van der Waals surface area contributed by atoms with Crippen LogP contribution in [0, 0.1) is 5.92 Å². The number of halogens is 1. The Bertz CT molecular complexity index is 50.3. The summed E-state index contributed by atoms with van der Waals surface area (Å²) in [6, 6.07) is 0. The summed E-state index contributed by atoms with van der Waals surface area (Å²) in [6.07, 6.45) is 2.35. The van der Waals surface area contributed by atoms with Crippen LogP contribution in [0.4, 0.5) is 0 Å². The van der Waals surface area contributed by atoms with Gasteiger partial charge in [-0.3, -0.25) is 0 Å². The summed E-state index contributed by atoms with van der Waals surface area (Å²) in [5.74, 6) is 0.636. The van der Waals surface area contributed by atoms with Gasteiger partial charge >= 0.3 is 0 Å². The highest BCUT2D eigenvalue weighted by Crippen LogP contribution is 2.14. The van der Waals surface area contributed by atoms with Gasteiger partial charge in [-0.1, -0.05) is 27.2 Å². The van der Waals surface area contributed by atoms with Crippen molar-refractivity contribution in [3.63, 3.8) is 0 Å². The molecule has 0 nitrogen and oxygen atoms in total. The van der Waals surface area contributed by atoms with E-state index >= 15 is 0 Å². The molecule has 0 aliphatic heterocycles. The Labute approximate surface area is 57.2 Å². The first-order valence-electron chi connectivity index (χ1n) is 3.32. The van der Waals surface area contributed by atoms with Crippen molar-refractivity contribution in [3.8, 4) is 0 Å². The third-order valence-corrected chi connectivity index (χ3v) is 2.01. The largest absolute Gasteiger partial charge is 0.123 e. The summed E-state index contributed by atoms with van der Waals surface area (Å²) in [5, 5.41) is 0.389. The highest BCUT2D eigenvalue weighted by Gasteiger charge is 2.06. The second-order valence-corrected chi connectivity index (χ2v) is 3.11. The number of alkyl halides is 1. The van der Waals surface area contributed by atoms with Crippen LogP contribution in [0.1, 0.15) is 33.6 Å². The lowest BCUT2D eigenvalue weighted by molar-refractivity contribution is 0.559. The second kappa shape index (κ2) is 4.20. The summed E-state index contributed by atoms with van der Waals surface area (Å²) in [6.45, 7) is 6.48. The molecule has 0 saturated heterocycles. The molecule has 0 aromatic carbocycles. The zero-order valence-corrected chi connectivity index (χ0v) is 6.70. The van der Waals surface area contributed by atoms with Gasteiger partial charge in [0, 0.05) is 5.38 Å². The van der Waals surface area contributed by atoms with Crippen molar-refractivity contribution >= 4 is 11.6 Å². The first-order chi connectivity index (χ1) is 3.68. The van der Waals surface area contributed by atoms with Crippen LogP contribution in [-0.4, -0.2) is 5.38 Å². The lowest BCUT2D eigenvalue weighted by Crippen LogP contribution is -2.05. The average Bonchev–Trinajstić information content (AvgIpc) is 1.67. The zero-order valence-electron chi connectivity index (χ0n) is 5.95. The minimum Gasteiger partial charge on any atom is -0.123 e. The molecule has 0 spiro atoms. The van der Waals surface area contributed by atoms with Crippen LogP contribution in [0.15, 0.2) is 0 Å². The minimum atomic E-state index is 0.389. The highest BCUT2D eigenvalue weighted by molar-refractivity contribution is 6.20. The van der Waals surface area contributed by atoms with Gasteiger partial charge in [-0.2, -0.15) is 0 Å². The minimum absolute atomic E-state index is 0.389. The van der Waals surface area contributed by atoms with E-state index < -0.39 is 0 Å². The summed E-state index contributed by atoms with van der Waals surface area (Å²) in [7, 11) is 0. The molecule has 0 bridgehead atoms. The Hall–Kier alpha value is 0.290. The lowest BCUT2D eigenvalue weighted by atomic mass is 10.1. The van der Waals surface area contributed by atoms with Crippen LogP contribution >= 0.6 is 11.6 Å². The Balaban J connectivity index is 3.17. The monoisotopic (exact) mass is 134 g/mol. The van der Waals surface area contributed by atoms with E-state index in [1.165, 1.54) is 6.42 Å². The zero-order chi connectivity index (χ0) is 6.57. The Morgan fingerprint density at radius 3 is 2.00 bits per heavy atom. The van der Waals surface area contributed by atoms with E-state index in [0.29, 0.717) is 11.3 Å². The molecule has 0 amide bonds. The molecule has 1 heteroatoms. The Morgan fingerprint density at radius 2 is 1.88 bits per heavy atom. The van der Waals surface area contributed by atoms with Crippen molar-refractivity contribution in [2.45, 2.75) is 39.0 Å². The molecule has 0 saturated carbocycles. The lowest BCUT2D eigenvalue weighted by Gasteiger charge is -2.10. The smallest absolute Gasteiger partial charge is 0.0358 e.